The maximum absolute atomic E-state index is 13.1. The van der Waals surface area contributed by atoms with Crippen molar-refractivity contribution in [1.82, 2.24) is 10.2 Å². The van der Waals surface area contributed by atoms with Crippen molar-refractivity contribution < 1.29 is 9.50 Å². The molecule has 2 N–H and O–H groups in total. The third-order valence-electron chi connectivity index (χ3n) is 3.73. The lowest BCUT2D eigenvalue weighted by molar-refractivity contribution is 0.170. The van der Waals surface area contributed by atoms with Crippen LogP contribution in [-0.4, -0.2) is 35.7 Å². The lowest BCUT2D eigenvalue weighted by atomic mass is 10.1. The van der Waals surface area contributed by atoms with Gasteiger partial charge in [0.25, 0.3) is 0 Å². The van der Waals surface area contributed by atoms with E-state index in [2.05, 4.69) is 17.1 Å². The van der Waals surface area contributed by atoms with Crippen molar-refractivity contribution in [3.05, 3.63) is 29.6 Å². The van der Waals surface area contributed by atoms with Crippen LogP contribution in [0.25, 0.3) is 0 Å². The molecule has 0 bridgehead atoms. The van der Waals surface area contributed by atoms with Crippen molar-refractivity contribution in [1.29, 1.82) is 0 Å². The third-order valence-corrected chi connectivity index (χ3v) is 3.73. The number of rotatable bonds is 5. The van der Waals surface area contributed by atoms with Crippen molar-refractivity contribution in [3.63, 3.8) is 0 Å². The van der Waals surface area contributed by atoms with Gasteiger partial charge in [-0.25, -0.2) is 4.39 Å². The van der Waals surface area contributed by atoms with Crippen molar-refractivity contribution in [2.45, 2.75) is 38.8 Å². The summed E-state index contributed by atoms with van der Waals surface area (Å²) in [6.45, 7) is 6.06. The smallest absolute Gasteiger partial charge is 0.127 e. The van der Waals surface area contributed by atoms with Gasteiger partial charge in [0.2, 0.25) is 0 Å². The standard InChI is InChI=1S/C15H23FN2O/c1-12(18-5-3-2-4-6-18)10-17-11-13-7-14(16)9-15(19)8-13/h7-9,12,17,19H,2-6,10-11H2,1H3. The highest BCUT2D eigenvalue weighted by molar-refractivity contribution is 5.28. The van der Waals surface area contributed by atoms with Crippen molar-refractivity contribution in [2.24, 2.45) is 0 Å². The second kappa shape index (κ2) is 6.87. The van der Waals surface area contributed by atoms with E-state index in [4.69, 9.17) is 0 Å². The summed E-state index contributed by atoms with van der Waals surface area (Å²) in [5, 5.41) is 12.7. The first-order valence-electron chi connectivity index (χ1n) is 7.08. The molecule has 1 fully saturated rings. The summed E-state index contributed by atoms with van der Waals surface area (Å²) in [7, 11) is 0. The molecule has 3 nitrogen and oxygen atoms in total. The molecule has 1 atom stereocenters. The molecule has 106 valence electrons. The Morgan fingerprint density at radius 1 is 1.26 bits per heavy atom. The van der Waals surface area contributed by atoms with Gasteiger partial charge >= 0.3 is 0 Å². The average Bonchev–Trinajstić information content (AvgIpc) is 2.38. The number of phenols is 1. The fraction of sp³-hybridized carbons (Fsp3) is 0.600. The van der Waals surface area contributed by atoms with Gasteiger partial charge in [-0.2, -0.15) is 0 Å². The van der Waals surface area contributed by atoms with Gasteiger partial charge in [-0.1, -0.05) is 6.42 Å². The summed E-state index contributed by atoms with van der Waals surface area (Å²) in [5.74, 6) is -0.401. The number of likely N-dealkylation sites (tertiary alicyclic amines) is 1. The van der Waals surface area contributed by atoms with Crippen LogP contribution in [-0.2, 0) is 6.54 Å². The zero-order valence-corrected chi connectivity index (χ0v) is 11.5. The number of piperidine rings is 1. The summed E-state index contributed by atoms with van der Waals surface area (Å²) in [6.07, 6.45) is 3.93. The van der Waals surface area contributed by atoms with Gasteiger partial charge in [0.05, 0.1) is 0 Å². The number of aromatic hydroxyl groups is 1. The number of benzene rings is 1. The molecule has 19 heavy (non-hydrogen) atoms. The molecule has 2 rings (SSSR count). The monoisotopic (exact) mass is 266 g/mol. The molecule has 0 radical (unpaired) electrons. The predicted octanol–water partition coefficient (Wildman–Crippen LogP) is 2.50. The van der Waals surface area contributed by atoms with Crippen LogP contribution in [0.5, 0.6) is 5.75 Å². The van der Waals surface area contributed by atoms with Crippen molar-refractivity contribution in [3.8, 4) is 5.75 Å². The van der Waals surface area contributed by atoms with Gasteiger partial charge in [-0.3, -0.25) is 4.90 Å². The maximum Gasteiger partial charge on any atom is 0.127 e. The Bertz CT molecular complexity index is 385. The van der Waals surface area contributed by atoms with Crippen LogP contribution in [0.1, 0.15) is 31.7 Å². The molecule has 0 spiro atoms. The first-order valence-corrected chi connectivity index (χ1v) is 7.08. The SMILES string of the molecule is CC(CNCc1cc(O)cc(F)c1)N1CCCCC1. The summed E-state index contributed by atoms with van der Waals surface area (Å²) in [6, 6.07) is 4.68. The normalized spacial score (nSPS) is 18.4. The number of hydrogen-bond acceptors (Lipinski definition) is 3. The number of hydrogen-bond donors (Lipinski definition) is 2. The van der Waals surface area contributed by atoms with E-state index in [0.29, 0.717) is 12.6 Å². The predicted molar refractivity (Wildman–Crippen MR) is 74.7 cm³/mol. The third kappa shape index (κ3) is 4.48. The molecule has 1 heterocycles. The summed E-state index contributed by atoms with van der Waals surface area (Å²) in [4.78, 5) is 2.50. The van der Waals surface area contributed by atoms with E-state index in [1.807, 2.05) is 0 Å². The van der Waals surface area contributed by atoms with E-state index in [-0.39, 0.29) is 11.6 Å². The minimum Gasteiger partial charge on any atom is -0.508 e. The number of phenolic OH excluding ortho intramolecular Hbond substituents is 1. The number of nitrogens with zero attached hydrogens (tertiary/aromatic N) is 1. The Hall–Kier alpha value is -1.13. The lowest BCUT2D eigenvalue weighted by Gasteiger charge is -2.32. The number of halogens is 1. The van der Waals surface area contributed by atoms with Crippen molar-refractivity contribution >= 4 is 0 Å². The minimum atomic E-state index is -0.388. The molecule has 1 aromatic carbocycles. The number of nitrogens with one attached hydrogen (secondary N) is 1. The molecule has 1 unspecified atom stereocenters. The highest BCUT2D eigenvalue weighted by Gasteiger charge is 2.15. The van der Waals surface area contributed by atoms with Crippen LogP contribution in [0.2, 0.25) is 0 Å². The Kier molecular flexibility index (Phi) is 5.16. The average molecular weight is 266 g/mol. The van der Waals surface area contributed by atoms with E-state index >= 15 is 0 Å². The molecular formula is C15H23FN2O. The molecule has 0 amide bonds. The van der Waals surface area contributed by atoms with E-state index < -0.39 is 0 Å². The first-order chi connectivity index (χ1) is 9.15. The summed E-state index contributed by atoms with van der Waals surface area (Å²) >= 11 is 0. The summed E-state index contributed by atoms with van der Waals surface area (Å²) in [5.41, 5.74) is 0.781. The molecule has 1 saturated heterocycles. The van der Waals surface area contributed by atoms with Gasteiger partial charge in [-0.05, 0) is 50.6 Å². The van der Waals surface area contributed by atoms with Crippen LogP contribution >= 0.6 is 0 Å². The minimum absolute atomic E-state index is 0.0131. The van der Waals surface area contributed by atoms with Crippen LogP contribution in [0.4, 0.5) is 4.39 Å². The summed E-state index contributed by atoms with van der Waals surface area (Å²) < 4.78 is 13.1. The molecule has 1 aliphatic rings. The van der Waals surface area contributed by atoms with Crippen molar-refractivity contribution in [2.75, 3.05) is 19.6 Å². The largest absolute Gasteiger partial charge is 0.508 e. The van der Waals surface area contributed by atoms with Gasteiger partial charge in [0.15, 0.2) is 0 Å². The fourth-order valence-corrected chi connectivity index (χ4v) is 2.65. The maximum atomic E-state index is 13.1. The second-order valence-corrected chi connectivity index (χ2v) is 5.39. The fourth-order valence-electron chi connectivity index (χ4n) is 2.65. The van der Waals surface area contributed by atoms with E-state index in [1.54, 1.807) is 6.07 Å². The Morgan fingerprint density at radius 3 is 2.68 bits per heavy atom. The van der Waals surface area contributed by atoms with E-state index in [1.165, 1.54) is 38.4 Å². The van der Waals surface area contributed by atoms with Crippen LogP contribution < -0.4 is 5.32 Å². The first kappa shape index (κ1) is 14.3. The van der Waals surface area contributed by atoms with E-state index in [0.717, 1.165) is 18.2 Å². The highest BCUT2D eigenvalue weighted by atomic mass is 19.1. The zero-order valence-electron chi connectivity index (χ0n) is 11.5. The highest BCUT2D eigenvalue weighted by Crippen LogP contribution is 2.15. The molecule has 0 aromatic heterocycles. The van der Waals surface area contributed by atoms with Gasteiger partial charge < -0.3 is 10.4 Å². The van der Waals surface area contributed by atoms with Gasteiger partial charge in [-0.15, -0.1) is 0 Å². The van der Waals surface area contributed by atoms with Gasteiger partial charge in [0, 0.05) is 25.2 Å². The molecule has 4 heteroatoms. The topological polar surface area (TPSA) is 35.5 Å². The zero-order chi connectivity index (χ0) is 13.7. The van der Waals surface area contributed by atoms with E-state index in [9.17, 15) is 9.50 Å². The Morgan fingerprint density at radius 2 is 2.00 bits per heavy atom. The Labute approximate surface area is 114 Å². The molecule has 0 aliphatic carbocycles. The lowest BCUT2D eigenvalue weighted by Crippen LogP contribution is -2.42. The quantitative estimate of drug-likeness (QED) is 0.859. The molecular weight excluding hydrogens is 243 g/mol. The molecule has 1 aliphatic heterocycles. The van der Waals surface area contributed by atoms with Crippen LogP contribution in [0.3, 0.4) is 0 Å². The Balaban J connectivity index is 1.76. The molecule has 0 saturated carbocycles. The van der Waals surface area contributed by atoms with Gasteiger partial charge in [0.1, 0.15) is 11.6 Å². The molecule has 1 aromatic rings. The second-order valence-electron chi connectivity index (χ2n) is 5.39. The van der Waals surface area contributed by atoms with Crippen LogP contribution in [0.15, 0.2) is 18.2 Å². The van der Waals surface area contributed by atoms with Crippen LogP contribution in [0, 0.1) is 5.82 Å².